The highest BCUT2D eigenvalue weighted by Gasteiger charge is 2.43. The van der Waals surface area contributed by atoms with Gasteiger partial charge in [-0.3, -0.25) is 0 Å². The summed E-state index contributed by atoms with van der Waals surface area (Å²) in [7, 11) is 4.36. The van der Waals surface area contributed by atoms with Crippen LogP contribution in [-0.2, 0) is 10.8 Å². The van der Waals surface area contributed by atoms with Crippen LogP contribution >= 0.6 is 0 Å². The average Bonchev–Trinajstić information content (AvgIpc) is 3.50. The first kappa shape index (κ1) is 37.6. The molecule has 6 aromatic carbocycles. The lowest BCUT2D eigenvalue weighted by atomic mass is 9.13. The van der Waals surface area contributed by atoms with Crippen LogP contribution in [0.5, 0.6) is 0 Å². The lowest BCUT2D eigenvalue weighted by Gasteiger charge is -2.44. The quantitative estimate of drug-likeness (QED) is 0.123. The van der Waals surface area contributed by atoms with Crippen LogP contribution < -0.4 is 26.8 Å². The van der Waals surface area contributed by atoms with Gasteiger partial charge in [0.2, 0.25) is 5.69 Å². The lowest BCUT2D eigenvalue weighted by molar-refractivity contribution is -0.401. The van der Waals surface area contributed by atoms with Gasteiger partial charge in [0.25, 0.3) is 0 Å². The average molecular weight is 719 g/mol. The molecule has 55 heavy (non-hydrogen) atoms. The molecular formula is C52H55BN2. The van der Waals surface area contributed by atoms with E-state index in [0.717, 1.165) is 0 Å². The first-order chi connectivity index (χ1) is 26.4. The highest BCUT2D eigenvalue weighted by molar-refractivity contribution is 7.19. The van der Waals surface area contributed by atoms with E-state index in [-0.39, 0.29) is 10.8 Å². The van der Waals surface area contributed by atoms with Crippen molar-refractivity contribution in [1.82, 2.24) is 0 Å². The van der Waals surface area contributed by atoms with E-state index < -0.39 is 6.15 Å². The molecule has 0 unspecified atom stereocenters. The monoisotopic (exact) mass is 718 g/mol. The number of allylic oxidation sites excluding steroid dienone is 4. The van der Waals surface area contributed by atoms with Gasteiger partial charge >= 0.3 is 0 Å². The van der Waals surface area contributed by atoms with Crippen molar-refractivity contribution < 1.29 is 4.58 Å². The predicted molar refractivity (Wildman–Crippen MR) is 240 cm³/mol. The molecule has 3 heteroatoms. The van der Waals surface area contributed by atoms with Crippen molar-refractivity contribution in [3.63, 3.8) is 0 Å². The van der Waals surface area contributed by atoms with E-state index in [1.54, 1.807) is 0 Å². The minimum atomic E-state index is -1.23. The molecule has 0 aromatic heterocycles. The second-order valence-electron chi connectivity index (χ2n) is 16.7. The first-order valence-electron chi connectivity index (χ1n) is 19.7. The Morgan fingerprint density at radius 3 is 1.51 bits per heavy atom. The van der Waals surface area contributed by atoms with Gasteiger partial charge in [-0.05, 0) is 58.4 Å². The zero-order valence-electron chi connectivity index (χ0n) is 34.1. The number of anilines is 1. The molecular weight excluding hydrogens is 663 g/mol. The van der Waals surface area contributed by atoms with E-state index in [1.807, 2.05) is 0 Å². The van der Waals surface area contributed by atoms with E-state index in [0.29, 0.717) is 0 Å². The Labute approximate surface area is 330 Å². The summed E-state index contributed by atoms with van der Waals surface area (Å²) < 4.78 is 2.34. The zero-order chi connectivity index (χ0) is 39.0. The minimum Gasteiger partial charge on any atom is -0.347 e. The molecule has 0 spiro atoms. The fourth-order valence-electron chi connectivity index (χ4n) is 9.37. The molecule has 2 aliphatic rings. The lowest BCUT2D eigenvalue weighted by Crippen LogP contribution is -2.74. The van der Waals surface area contributed by atoms with Crippen LogP contribution in [0.3, 0.4) is 0 Å². The predicted octanol–water partition coefficient (Wildman–Crippen LogP) is 9.55. The van der Waals surface area contributed by atoms with E-state index in [4.69, 9.17) is 0 Å². The molecule has 6 aromatic rings. The van der Waals surface area contributed by atoms with Gasteiger partial charge in [-0.15, -0.1) is 0 Å². The molecule has 0 saturated heterocycles. The highest BCUT2D eigenvalue weighted by atomic mass is 15.2. The number of rotatable bonds is 6. The smallest absolute Gasteiger partial charge is 0.209 e. The maximum atomic E-state index is 2.34. The fourth-order valence-corrected chi connectivity index (χ4v) is 9.37. The van der Waals surface area contributed by atoms with Gasteiger partial charge in [-0.2, -0.15) is 26.4 Å². The molecule has 2 aliphatic heterocycles. The van der Waals surface area contributed by atoms with Crippen molar-refractivity contribution in [2.45, 2.75) is 59.3 Å². The van der Waals surface area contributed by atoms with E-state index in [2.05, 4.69) is 242 Å². The summed E-state index contributed by atoms with van der Waals surface area (Å²) >= 11 is 0. The van der Waals surface area contributed by atoms with Gasteiger partial charge in [0.05, 0.1) is 5.41 Å². The van der Waals surface area contributed by atoms with Gasteiger partial charge in [-0.25, -0.2) is 0 Å². The maximum absolute atomic E-state index is 2.34. The number of likely N-dealkylation sites (N-methyl/N-ethyl adjacent to an activating group) is 1. The largest absolute Gasteiger partial charge is 0.347 e. The van der Waals surface area contributed by atoms with Crippen molar-refractivity contribution in [2.75, 3.05) is 19.0 Å². The summed E-state index contributed by atoms with van der Waals surface area (Å²) in [6, 6.07) is 55.3. The Morgan fingerprint density at radius 1 is 0.527 bits per heavy atom. The highest BCUT2D eigenvalue weighted by Crippen LogP contribution is 2.47. The molecule has 2 nitrogen and oxygen atoms in total. The Morgan fingerprint density at radius 2 is 0.982 bits per heavy atom. The van der Waals surface area contributed by atoms with Crippen LogP contribution in [0.25, 0.3) is 0 Å². The standard InChI is InChI=1S/C27H33N2.C25H22B/c1-18-12-14-22-20(16-18)26(3,4)24(28(22)7)10-9-11-25-27(5,6)21-17-19(2)13-15-23(21)29(25)8;1-21-17-19-25(20-18-21)26(22-11-5-2-6-12-22,23-13-7-3-8-14-23)24-15-9-4-10-16-24/h9-17H,1-8H3;2-20H,1H3/q+1;-1. The number of fused-ring (bicyclic) bond motifs is 2. The Bertz CT molecular complexity index is 2300. The third-order valence-electron chi connectivity index (χ3n) is 12.4. The van der Waals surface area contributed by atoms with Crippen molar-refractivity contribution in [1.29, 1.82) is 0 Å². The molecule has 0 saturated carbocycles. The van der Waals surface area contributed by atoms with Crippen LogP contribution in [0.15, 0.2) is 176 Å². The molecule has 2 heterocycles. The molecule has 0 bridgehead atoms. The van der Waals surface area contributed by atoms with Crippen LogP contribution in [0.1, 0.15) is 55.5 Å². The van der Waals surface area contributed by atoms with Gasteiger partial charge < -0.3 is 4.90 Å². The van der Waals surface area contributed by atoms with Gasteiger partial charge in [0.15, 0.2) is 5.71 Å². The second-order valence-corrected chi connectivity index (χ2v) is 16.7. The SMILES string of the molecule is Cc1ccc([B-](c2ccccc2)(c2ccccc2)c2ccccc2)cc1.Cc1ccc2c(c1)C(C)(C)C(/C=C/C=C1/N(C)c3ccc(C)cc3C1(C)C)=[N+]2C. The summed E-state index contributed by atoms with van der Waals surface area (Å²) in [4.78, 5) is 2.34. The van der Waals surface area contributed by atoms with Crippen LogP contribution in [0.2, 0.25) is 0 Å². The Kier molecular flexibility index (Phi) is 10.2. The van der Waals surface area contributed by atoms with Crippen LogP contribution in [0, 0.1) is 20.8 Å². The molecule has 276 valence electrons. The summed E-state index contributed by atoms with van der Waals surface area (Å²) in [6.45, 7) is 15.8. The normalized spacial score (nSPS) is 16.2. The summed E-state index contributed by atoms with van der Waals surface area (Å²) in [6.07, 6.45) is 5.59. The van der Waals surface area contributed by atoms with Crippen LogP contribution in [0.4, 0.5) is 11.4 Å². The van der Waals surface area contributed by atoms with Crippen molar-refractivity contribution >= 4 is 45.1 Å². The topological polar surface area (TPSA) is 6.25 Å². The number of nitrogens with zero attached hydrogens (tertiary/aromatic N) is 2. The zero-order valence-corrected chi connectivity index (χ0v) is 34.1. The Balaban J connectivity index is 0.000000170. The first-order valence-corrected chi connectivity index (χ1v) is 19.7. The van der Waals surface area contributed by atoms with Crippen molar-refractivity contribution in [3.05, 3.63) is 203 Å². The molecule has 0 fully saturated rings. The molecule has 0 amide bonds. The summed E-state index contributed by atoms with van der Waals surface area (Å²) in [5.41, 5.74) is 17.4. The van der Waals surface area contributed by atoms with Crippen molar-refractivity contribution in [2.24, 2.45) is 0 Å². The Hall–Kier alpha value is -5.67. The van der Waals surface area contributed by atoms with E-state index >= 15 is 0 Å². The summed E-state index contributed by atoms with van der Waals surface area (Å²) in [5.74, 6) is 0. The molecule has 0 radical (unpaired) electrons. The molecule has 0 atom stereocenters. The fraction of sp³-hybridized carbons (Fsp3) is 0.212. The number of benzene rings is 6. The number of hydrogen-bond donors (Lipinski definition) is 0. The van der Waals surface area contributed by atoms with E-state index in [1.165, 1.54) is 72.5 Å². The van der Waals surface area contributed by atoms with Gasteiger partial charge in [-0.1, -0.05) is 170 Å². The summed E-state index contributed by atoms with van der Waals surface area (Å²) in [5, 5.41) is 0. The van der Waals surface area contributed by atoms with Crippen LogP contribution in [-0.4, -0.2) is 30.5 Å². The van der Waals surface area contributed by atoms with Crippen molar-refractivity contribution in [3.8, 4) is 0 Å². The molecule has 8 rings (SSSR count). The van der Waals surface area contributed by atoms with Gasteiger partial charge in [0, 0.05) is 41.6 Å². The molecule has 0 aliphatic carbocycles. The van der Waals surface area contributed by atoms with E-state index in [9.17, 15) is 0 Å². The number of aryl methyl sites for hydroxylation is 3. The maximum Gasteiger partial charge on any atom is 0.209 e. The third-order valence-corrected chi connectivity index (χ3v) is 12.4. The molecule has 0 N–H and O–H groups in total. The number of hydrogen-bond acceptors (Lipinski definition) is 1. The second kappa shape index (κ2) is 14.9. The third kappa shape index (κ3) is 6.71. The minimum absolute atomic E-state index is 0.00226. The van der Waals surface area contributed by atoms with Gasteiger partial charge in [0.1, 0.15) is 13.2 Å².